The Morgan fingerprint density at radius 1 is 1.43 bits per heavy atom. The molecular formula is C11H15N3O6S. The van der Waals surface area contributed by atoms with Gasteiger partial charge in [-0.15, -0.1) is 0 Å². The first-order valence-electron chi connectivity index (χ1n) is 5.81. The van der Waals surface area contributed by atoms with E-state index >= 15 is 0 Å². The second-order valence-electron chi connectivity index (χ2n) is 5.37. The van der Waals surface area contributed by atoms with Gasteiger partial charge in [-0.25, -0.2) is 8.42 Å². The van der Waals surface area contributed by atoms with Crippen LogP contribution in [0.25, 0.3) is 0 Å². The number of aliphatic carboxylic acids is 1. The van der Waals surface area contributed by atoms with Crippen molar-refractivity contribution in [1.29, 1.82) is 0 Å². The second kappa shape index (κ2) is 5.74. The zero-order chi connectivity index (χ0) is 16.4. The molecule has 0 unspecified atom stereocenters. The molecule has 0 saturated carbocycles. The van der Waals surface area contributed by atoms with Gasteiger partial charge < -0.3 is 15.2 Å². The van der Waals surface area contributed by atoms with E-state index in [0.29, 0.717) is 0 Å². The van der Waals surface area contributed by atoms with Crippen LogP contribution >= 0.6 is 0 Å². The zero-order valence-electron chi connectivity index (χ0n) is 11.6. The molecule has 0 spiro atoms. The number of sulfonamides is 1. The van der Waals surface area contributed by atoms with Crippen molar-refractivity contribution in [3.05, 3.63) is 28.4 Å². The number of pyridine rings is 1. The predicted molar refractivity (Wildman–Crippen MR) is 72.1 cm³/mol. The number of carboxylic acids is 1. The highest BCUT2D eigenvalue weighted by atomic mass is 32.2. The quantitative estimate of drug-likeness (QED) is 0.603. The number of aromatic nitrogens is 1. The maximum Gasteiger partial charge on any atom is 0.363 e. The fourth-order valence-electron chi connectivity index (χ4n) is 1.46. The average Bonchev–Trinajstić information content (AvgIpc) is 2.34. The Balaban J connectivity index is 3.11. The lowest BCUT2D eigenvalue weighted by Crippen LogP contribution is -2.48. The van der Waals surface area contributed by atoms with Crippen molar-refractivity contribution in [2.24, 2.45) is 5.41 Å². The third-order valence-corrected chi connectivity index (χ3v) is 4.01. The van der Waals surface area contributed by atoms with Gasteiger partial charge in [-0.05, 0) is 21.4 Å². The fraction of sp³-hybridized carbons (Fsp3) is 0.455. The molecule has 1 aromatic rings. The molecule has 21 heavy (non-hydrogen) atoms. The largest absolute Gasteiger partial charge is 0.480 e. The Hall–Kier alpha value is -2.07. The minimum Gasteiger partial charge on any atom is -0.480 e. The van der Waals surface area contributed by atoms with Gasteiger partial charge >= 0.3 is 11.8 Å². The van der Waals surface area contributed by atoms with E-state index in [2.05, 4.69) is 9.71 Å². The molecule has 2 N–H and O–H groups in total. The topological polar surface area (TPSA) is 140 Å². The van der Waals surface area contributed by atoms with Gasteiger partial charge in [-0.3, -0.25) is 4.79 Å². The summed E-state index contributed by atoms with van der Waals surface area (Å²) >= 11 is 0. The van der Waals surface area contributed by atoms with E-state index in [-0.39, 0.29) is 4.90 Å². The van der Waals surface area contributed by atoms with Crippen LogP contribution in [0.1, 0.15) is 20.8 Å². The summed E-state index contributed by atoms with van der Waals surface area (Å²) in [5.74, 6) is -1.82. The van der Waals surface area contributed by atoms with Crippen molar-refractivity contribution in [1.82, 2.24) is 9.71 Å². The molecule has 0 aliphatic rings. The number of rotatable bonds is 5. The summed E-state index contributed by atoms with van der Waals surface area (Å²) in [6.07, 6.45) is 0.808. The zero-order valence-corrected chi connectivity index (χ0v) is 12.4. The van der Waals surface area contributed by atoms with Gasteiger partial charge in [0.1, 0.15) is 10.9 Å². The van der Waals surface area contributed by atoms with Crippen molar-refractivity contribution >= 4 is 21.8 Å². The van der Waals surface area contributed by atoms with Gasteiger partial charge in [-0.1, -0.05) is 20.8 Å². The average molecular weight is 317 g/mol. The first-order chi connectivity index (χ1) is 9.45. The molecule has 0 radical (unpaired) electrons. The smallest absolute Gasteiger partial charge is 0.363 e. The molecule has 9 nitrogen and oxygen atoms in total. The van der Waals surface area contributed by atoms with E-state index in [4.69, 9.17) is 5.11 Å². The lowest BCUT2D eigenvalue weighted by molar-refractivity contribution is -0.389. The van der Waals surface area contributed by atoms with Gasteiger partial charge in [0, 0.05) is 6.07 Å². The molecule has 1 aromatic heterocycles. The molecule has 116 valence electrons. The minimum absolute atomic E-state index is 0.344. The summed E-state index contributed by atoms with van der Waals surface area (Å²) < 4.78 is 26.2. The molecule has 1 atom stereocenters. The Morgan fingerprint density at radius 2 is 2.00 bits per heavy atom. The van der Waals surface area contributed by atoms with Crippen LogP contribution in [-0.4, -0.2) is 35.4 Å². The van der Waals surface area contributed by atoms with Crippen LogP contribution in [0, 0.1) is 15.5 Å². The summed E-state index contributed by atoms with van der Waals surface area (Å²) in [6.45, 7) is 4.72. The molecule has 0 fully saturated rings. The molecule has 0 aliphatic carbocycles. The fourth-order valence-corrected chi connectivity index (χ4v) is 2.80. The Morgan fingerprint density at radius 3 is 2.33 bits per heavy atom. The molecule has 0 saturated heterocycles. The molecule has 0 amide bonds. The molecule has 1 heterocycles. The number of nitrogens with one attached hydrogen (secondary N) is 1. The Bertz CT molecular complexity index is 648. The molecule has 0 aromatic carbocycles. The van der Waals surface area contributed by atoms with Crippen LogP contribution in [0.3, 0.4) is 0 Å². The van der Waals surface area contributed by atoms with Crippen LogP contribution in [-0.2, 0) is 14.8 Å². The van der Waals surface area contributed by atoms with E-state index in [1.54, 1.807) is 20.8 Å². The third kappa shape index (κ3) is 4.20. The van der Waals surface area contributed by atoms with Crippen molar-refractivity contribution in [3.63, 3.8) is 0 Å². The molecule has 0 bridgehead atoms. The van der Waals surface area contributed by atoms with Gasteiger partial charge in [0.05, 0.1) is 0 Å². The van der Waals surface area contributed by atoms with Gasteiger partial charge in [0.2, 0.25) is 10.0 Å². The number of hydrogen-bond acceptors (Lipinski definition) is 6. The summed E-state index contributed by atoms with van der Waals surface area (Å²) in [6, 6.07) is 0.578. The van der Waals surface area contributed by atoms with Crippen LogP contribution in [0.15, 0.2) is 23.2 Å². The minimum atomic E-state index is -4.15. The first-order valence-corrected chi connectivity index (χ1v) is 7.29. The monoisotopic (exact) mass is 317 g/mol. The summed E-state index contributed by atoms with van der Waals surface area (Å²) in [4.78, 5) is 23.9. The SMILES string of the molecule is CC(C)(C)[C@@H](NS(=O)(=O)c1ccc([N+](=O)[O-])nc1)C(=O)O. The summed E-state index contributed by atoms with van der Waals surface area (Å²) in [5, 5.41) is 19.6. The van der Waals surface area contributed by atoms with Crippen LogP contribution in [0.5, 0.6) is 0 Å². The molecular weight excluding hydrogens is 302 g/mol. The van der Waals surface area contributed by atoms with Crippen LogP contribution < -0.4 is 4.72 Å². The number of hydrogen-bond donors (Lipinski definition) is 2. The van der Waals surface area contributed by atoms with Crippen LogP contribution in [0.2, 0.25) is 0 Å². The van der Waals surface area contributed by atoms with E-state index in [9.17, 15) is 23.3 Å². The van der Waals surface area contributed by atoms with Gasteiger partial charge in [0.25, 0.3) is 0 Å². The summed E-state index contributed by atoms with van der Waals surface area (Å²) in [7, 11) is -4.15. The van der Waals surface area contributed by atoms with E-state index < -0.39 is 38.2 Å². The van der Waals surface area contributed by atoms with E-state index in [1.807, 2.05) is 0 Å². The van der Waals surface area contributed by atoms with Crippen molar-refractivity contribution in [2.75, 3.05) is 0 Å². The maximum atomic E-state index is 12.1. The van der Waals surface area contributed by atoms with Crippen molar-refractivity contribution in [3.8, 4) is 0 Å². The first kappa shape index (κ1) is 17.0. The lowest BCUT2D eigenvalue weighted by Gasteiger charge is -2.27. The van der Waals surface area contributed by atoms with Crippen molar-refractivity contribution in [2.45, 2.75) is 31.7 Å². The highest BCUT2D eigenvalue weighted by Crippen LogP contribution is 2.22. The molecule has 1 rings (SSSR count). The predicted octanol–water partition coefficient (Wildman–Crippen LogP) is 0.767. The Kier molecular flexibility index (Phi) is 4.64. The lowest BCUT2D eigenvalue weighted by atomic mass is 9.88. The third-order valence-electron chi connectivity index (χ3n) is 2.60. The highest BCUT2D eigenvalue weighted by molar-refractivity contribution is 7.89. The number of nitro groups is 1. The normalized spacial score (nSPS) is 13.7. The number of carboxylic acid groups (broad SMARTS) is 1. The number of carbonyl (C=O) groups is 1. The molecule has 10 heteroatoms. The Labute approximate surface area is 121 Å². The summed E-state index contributed by atoms with van der Waals surface area (Å²) in [5.41, 5.74) is -0.854. The molecule has 0 aliphatic heterocycles. The van der Waals surface area contributed by atoms with Gasteiger partial charge in [-0.2, -0.15) is 4.72 Å². The van der Waals surface area contributed by atoms with Gasteiger partial charge in [0.15, 0.2) is 6.20 Å². The highest BCUT2D eigenvalue weighted by Gasteiger charge is 2.35. The van der Waals surface area contributed by atoms with Crippen LogP contribution in [0.4, 0.5) is 5.82 Å². The van der Waals surface area contributed by atoms with E-state index in [0.717, 1.165) is 18.3 Å². The van der Waals surface area contributed by atoms with Crippen molar-refractivity contribution < 1.29 is 23.2 Å². The van der Waals surface area contributed by atoms with E-state index in [1.165, 1.54) is 0 Å². The standard InChI is InChI=1S/C11H15N3O6S/c1-11(2,3)9(10(15)16)13-21(19,20)7-4-5-8(12-6-7)14(17)18/h4-6,9,13H,1-3H3,(H,15,16)/t9-/m0/s1. The number of nitrogens with zero attached hydrogens (tertiary/aromatic N) is 2. The maximum absolute atomic E-state index is 12.1. The second-order valence-corrected chi connectivity index (χ2v) is 7.08.